The summed E-state index contributed by atoms with van der Waals surface area (Å²) in [5.41, 5.74) is 6.98. The lowest BCUT2D eigenvalue weighted by molar-refractivity contribution is 0.641. The van der Waals surface area contributed by atoms with Gasteiger partial charge in [-0.25, -0.2) is 0 Å². The van der Waals surface area contributed by atoms with E-state index in [1.165, 1.54) is 28.4 Å². The van der Waals surface area contributed by atoms with Crippen molar-refractivity contribution >= 4 is 34.3 Å². The van der Waals surface area contributed by atoms with Crippen molar-refractivity contribution in [3.05, 3.63) is 39.5 Å². The summed E-state index contributed by atoms with van der Waals surface area (Å²) in [6, 6.07) is 2.13. The number of rotatable bonds is 2. The molecule has 4 heteroatoms. The van der Waals surface area contributed by atoms with Crippen molar-refractivity contribution in [2.75, 3.05) is 6.54 Å². The lowest BCUT2D eigenvalue weighted by atomic mass is 9.95. The molecule has 2 heterocycles. The molecule has 0 unspecified atom stereocenters. The Morgan fingerprint density at radius 3 is 3.00 bits per heavy atom. The highest BCUT2D eigenvalue weighted by Crippen LogP contribution is 2.37. The third kappa shape index (κ3) is 1.98. The van der Waals surface area contributed by atoms with E-state index >= 15 is 0 Å². The molecule has 3 rings (SSSR count). The van der Waals surface area contributed by atoms with Crippen LogP contribution in [-0.4, -0.2) is 17.7 Å². The minimum absolute atomic E-state index is 0.806. The number of aromatic nitrogens is 1. The van der Waals surface area contributed by atoms with Gasteiger partial charge in [-0.3, -0.25) is 0 Å². The number of benzene rings is 1. The Bertz CT molecular complexity index is 725. The topological polar surface area (TPSA) is 51.7 Å². The molecule has 1 aliphatic rings. The molecule has 104 valence electrons. The first-order valence-electron chi connectivity index (χ1n) is 6.84. The van der Waals surface area contributed by atoms with Gasteiger partial charge in [-0.1, -0.05) is 11.6 Å². The van der Waals surface area contributed by atoms with Crippen LogP contribution in [0.15, 0.2) is 12.1 Å². The van der Waals surface area contributed by atoms with Gasteiger partial charge in [0.15, 0.2) is 0 Å². The fourth-order valence-corrected chi connectivity index (χ4v) is 3.16. The molecule has 1 aliphatic heterocycles. The van der Waals surface area contributed by atoms with Crippen LogP contribution in [0, 0.1) is 12.3 Å². The van der Waals surface area contributed by atoms with Crippen molar-refractivity contribution in [2.45, 2.75) is 26.8 Å². The molecule has 3 N–H and O–H groups in total. The molecular formula is C16H18ClN3. The van der Waals surface area contributed by atoms with E-state index in [1.54, 1.807) is 0 Å². The van der Waals surface area contributed by atoms with E-state index in [1.807, 2.05) is 19.9 Å². The largest absolute Gasteiger partial charge is 0.357 e. The molecule has 0 aliphatic carbocycles. The SMILES string of the molecule is C/C(=C\C=N)c1cc(C)c(Cl)c2[nH]c3c(c12)CNCC3. The molecule has 0 atom stereocenters. The van der Waals surface area contributed by atoms with Gasteiger partial charge in [-0.15, -0.1) is 0 Å². The van der Waals surface area contributed by atoms with Gasteiger partial charge in [-0.05, 0) is 48.3 Å². The smallest absolute Gasteiger partial charge is 0.0676 e. The van der Waals surface area contributed by atoms with Crippen LogP contribution in [0.1, 0.15) is 29.3 Å². The molecule has 0 saturated heterocycles. The van der Waals surface area contributed by atoms with E-state index in [4.69, 9.17) is 17.0 Å². The molecule has 3 nitrogen and oxygen atoms in total. The highest BCUT2D eigenvalue weighted by Gasteiger charge is 2.20. The number of H-pyrrole nitrogens is 1. The van der Waals surface area contributed by atoms with Gasteiger partial charge in [-0.2, -0.15) is 0 Å². The van der Waals surface area contributed by atoms with Crippen molar-refractivity contribution in [3.63, 3.8) is 0 Å². The van der Waals surface area contributed by atoms with Gasteiger partial charge in [0.25, 0.3) is 0 Å². The number of hydrogen-bond acceptors (Lipinski definition) is 2. The second kappa shape index (κ2) is 5.08. The summed E-state index contributed by atoms with van der Waals surface area (Å²) in [5, 5.41) is 12.7. The number of fused-ring (bicyclic) bond motifs is 3. The maximum Gasteiger partial charge on any atom is 0.0676 e. The number of aryl methyl sites for hydroxylation is 1. The Morgan fingerprint density at radius 2 is 2.25 bits per heavy atom. The van der Waals surface area contributed by atoms with E-state index in [0.717, 1.165) is 41.2 Å². The lowest BCUT2D eigenvalue weighted by Crippen LogP contribution is -2.23. The third-order valence-electron chi connectivity index (χ3n) is 4.00. The molecule has 0 saturated carbocycles. The predicted molar refractivity (Wildman–Crippen MR) is 85.9 cm³/mol. The molecule has 1 aromatic heterocycles. The Hall–Kier alpha value is -1.58. The average molecular weight is 288 g/mol. The van der Waals surface area contributed by atoms with E-state index in [9.17, 15) is 0 Å². The fourth-order valence-electron chi connectivity index (χ4n) is 2.96. The highest BCUT2D eigenvalue weighted by atomic mass is 35.5. The van der Waals surface area contributed by atoms with Crippen molar-refractivity contribution < 1.29 is 0 Å². The highest BCUT2D eigenvalue weighted by molar-refractivity contribution is 6.36. The summed E-state index contributed by atoms with van der Waals surface area (Å²) in [6.45, 7) is 5.95. The minimum Gasteiger partial charge on any atom is -0.357 e. The Morgan fingerprint density at radius 1 is 1.45 bits per heavy atom. The number of allylic oxidation sites excluding steroid dienone is 2. The Balaban J connectivity index is 2.39. The van der Waals surface area contributed by atoms with Gasteiger partial charge in [0.2, 0.25) is 0 Å². The quantitative estimate of drug-likeness (QED) is 0.723. The summed E-state index contributed by atoms with van der Waals surface area (Å²) in [7, 11) is 0. The van der Waals surface area contributed by atoms with E-state index < -0.39 is 0 Å². The van der Waals surface area contributed by atoms with Crippen LogP contribution in [0.4, 0.5) is 0 Å². The zero-order valence-electron chi connectivity index (χ0n) is 11.7. The normalized spacial score (nSPS) is 15.4. The molecule has 1 aromatic carbocycles. The maximum absolute atomic E-state index is 7.29. The number of aromatic amines is 1. The molecule has 0 amide bonds. The molecule has 0 radical (unpaired) electrons. The van der Waals surface area contributed by atoms with Gasteiger partial charge >= 0.3 is 0 Å². The van der Waals surface area contributed by atoms with Crippen LogP contribution >= 0.6 is 11.6 Å². The summed E-state index contributed by atoms with van der Waals surface area (Å²) in [4.78, 5) is 3.51. The summed E-state index contributed by atoms with van der Waals surface area (Å²) >= 11 is 6.48. The first-order chi connectivity index (χ1) is 9.63. The predicted octanol–water partition coefficient (Wildman–Crippen LogP) is 3.83. The molecule has 20 heavy (non-hydrogen) atoms. The first-order valence-corrected chi connectivity index (χ1v) is 7.22. The molecule has 0 fully saturated rings. The number of halogens is 1. The minimum atomic E-state index is 0.806. The Labute approximate surface area is 123 Å². The summed E-state index contributed by atoms with van der Waals surface area (Å²) in [5.74, 6) is 0. The fraction of sp³-hybridized carbons (Fsp3) is 0.312. The monoisotopic (exact) mass is 287 g/mol. The van der Waals surface area contributed by atoms with Crippen LogP contribution in [0.2, 0.25) is 5.02 Å². The zero-order valence-corrected chi connectivity index (χ0v) is 12.5. The van der Waals surface area contributed by atoms with E-state index in [2.05, 4.69) is 16.4 Å². The van der Waals surface area contributed by atoms with E-state index in [0.29, 0.717) is 0 Å². The van der Waals surface area contributed by atoms with Crippen molar-refractivity contribution in [1.82, 2.24) is 10.3 Å². The van der Waals surface area contributed by atoms with Crippen molar-refractivity contribution in [2.24, 2.45) is 0 Å². The summed E-state index contributed by atoms with van der Waals surface area (Å²) in [6.07, 6.45) is 4.17. The summed E-state index contributed by atoms with van der Waals surface area (Å²) < 4.78 is 0. The van der Waals surface area contributed by atoms with Crippen LogP contribution in [0.5, 0.6) is 0 Å². The zero-order chi connectivity index (χ0) is 14.3. The average Bonchev–Trinajstić information content (AvgIpc) is 2.83. The first kappa shape index (κ1) is 13.4. The second-order valence-electron chi connectivity index (χ2n) is 5.33. The van der Waals surface area contributed by atoms with Crippen molar-refractivity contribution in [1.29, 1.82) is 5.41 Å². The molecular weight excluding hydrogens is 270 g/mol. The van der Waals surface area contributed by atoms with Gasteiger partial charge in [0, 0.05) is 36.8 Å². The maximum atomic E-state index is 7.29. The van der Waals surface area contributed by atoms with Crippen LogP contribution in [0.3, 0.4) is 0 Å². The molecule has 0 spiro atoms. The van der Waals surface area contributed by atoms with Gasteiger partial charge < -0.3 is 15.7 Å². The third-order valence-corrected chi connectivity index (χ3v) is 4.49. The van der Waals surface area contributed by atoms with Crippen molar-refractivity contribution in [3.8, 4) is 0 Å². The number of hydrogen-bond donors (Lipinski definition) is 3. The van der Waals surface area contributed by atoms with Crippen LogP contribution in [0.25, 0.3) is 16.5 Å². The number of nitrogens with one attached hydrogen (secondary N) is 3. The lowest BCUT2D eigenvalue weighted by Gasteiger charge is -2.14. The standard InChI is InChI=1S/C16H18ClN3/c1-9(3-5-18)11-7-10(2)15(17)16-14(11)12-8-19-6-4-13(12)20-16/h3,5,7,18-20H,4,6,8H2,1-2H3/b9-3+,18-5?. The van der Waals surface area contributed by atoms with Crippen LogP contribution < -0.4 is 5.32 Å². The van der Waals surface area contributed by atoms with Crippen LogP contribution in [-0.2, 0) is 13.0 Å². The Kier molecular flexibility index (Phi) is 3.40. The second-order valence-corrected chi connectivity index (χ2v) is 5.71. The molecule has 0 bridgehead atoms. The molecule has 2 aromatic rings. The van der Waals surface area contributed by atoms with Gasteiger partial charge in [0.1, 0.15) is 0 Å². The van der Waals surface area contributed by atoms with E-state index in [-0.39, 0.29) is 0 Å². The van der Waals surface area contributed by atoms with Gasteiger partial charge in [0.05, 0.1) is 10.5 Å².